The highest BCUT2D eigenvalue weighted by Crippen LogP contribution is 2.30. The largest absolute Gasteiger partial charge is 0.376 e. The van der Waals surface area contributed by atoms with Crippen LogP contribution in [0, 0.1) is 5.92 Å². The summed E-state index contributed by atoms with van der Waals surface area (Å²) < 4.78 is 5.88. The molecule has 4 heteroatoms. The quantitative estimate of drug-likeness (QED) is 0.776. The van der Waals surface area contributed by atoms with E-state index in [0.29, 0.717) is 5.75 Å². The van der Waals surface area contributed by atoms with Crippen molar-refractivity contribution in [3.8, 4) is 0 Å². The Bertz CT molecular complexity index is 461. The number of hydrogen-bond acceptors (Lipinski definition) is 3. The lowest BCUT2D eigenvalue weighted by molar-refractivity contribution is -0.127. The number of thioether (sulfide) groups is 1. The van der Waals surface area contributed by atoms with Crippen LogP contribution < -0.4 is 0 Å². The van der Waals surface area contributed by atoms with Gasteiger partial charge in [-0.05, 0) is 30.7 Å². The van der Waals surface area contributed by atoms with Crippen molar-refractivity contribution in [3.05, 3.63) is 35.9 Å². The summed E-state index contributed by atoms with van der Waals surface area (Å²) in [6.45, 7) is 2.55. The van der Waals surface area contributed by atoms with Gasteiger partial charge in [-0.15, -0.1) is 11.8 Å². The van der Waals surface area contributed by atoms with Crippen LogP contribution in [0.3, 0.4) is 0 Å². The van der Waals surface area contributed by atoms with E-state index in [2.05, 4.69) is 12.1 Å². The Hall–Kier alpha value is -1.00. The minimum absolute atomic E-state index is 0.258. The predicted molar refractivity (Wildman–Crippen MR) is 86.3 cm³/mol. The van der Waals surface area contributed by atoms with E-state index in [-0.39, 0.29) is 12.0 Å². The number of hydrogen-bond donors (Lipinski definition) is 0. The molecule has 1 atom stereocenters. The zero-order valence-electron chi connectivity index (χ0n) is 12.4. The van der Waals surface area contributed by atoms with Gasteiger partial charge in [-0.1, -0.05) is 30.3 Å². The van der Waals surface area contributed by atoms with Crippen molar-refractivity contribution in [2.75, 3.05) is 25.4 Å². The fraction of sp³-hybridized carbons (Fsp3) is 0.588. The zero-order valence-corrected chi connectivity index (χ0v) is 13.2. The maximum Gasteiger partial charge on any atom is 0.232 e. The molecule has 1 saturated carbocycles. The van der Waals surface area contributed by atoms with Gasteiger partial charge in [0, 0.05) is 25.4 Å². The Morgan fingerprint density at radius 3 is 2.81 bits per heavy atom. The molecular formula is C17H23NO2S. The van der Waals surface area contributed by atoms with Gasteiger partial charge in [0.05, 0.1) is 11.9 Å². The van der Waals surface area contributed by atoms with Gasteiger partial charge < -0.3 is 9.64 Å². The molecule has 0 bridgehead atoms. The number of carbonyl (C=O) groups is 1. The third-order valence-corrected chi connectivity index (χ3v) is 5.09. The van der Waals surface area contributed by atoms with Gasteiger partial charge >= 0.3 is 0 Å². The summed E-state index contributed by atoms with van der Waals surface area (Å²) in [6.07, 6.45) is 3.92. The fourth-order valence-corrected chi connectivity index (χ4v) is 3.46. The van der Waals surface area contributed by atoms with Crippen molar-refractivity contribution >= 4 is 17.7 Å². The summed E-state index contributed by atoms with van der Waals surface area (Å²) in [5.74, 6) is 2.54. The minimum Gasteiger partial charge on any atom is -0.376 e. The highest BCUT2D eigenvalue weighted by molar-refractivity contribution is 7.99. The second-order valence-electron chi connectivity index (χ2n) is 6.01. The number of rotatable bonds is 7. The first-order valence-electron chi connectivity index (χ1n) is 7.82. The molecule has 1 heterocycles. The van der Waals surface area contributed by atoms with E-state index in [1.54, 1.807) is 11.8 Å². The molecule has 1 aromatic carbocycles. The fourth-order valence-electron chi connectivity index (χ4n) is 2.57. The van der Waals surface area contributed by atoms with Gasteiger partial charge in [-0.25, -0.2) is 0 Å². The lowest BCUT2D eigenvalue weighted by Crippen LogP contribution is -2.31. The van der Waals surface area contributed by atoms with Crippen LogP contribution in [-0.2, 0) is 15.3 Å². The topological polar surface area (TPSA) is 29.5 Å². The maximum atomic E-state index is 12.2. The Balaban J connectivity index is 1.33. The number of benzene rings is 1. The first kappa shape index (κ1) is 14.9. The summed E-state index contributed by atoms with van der Waals surface area (Å²) in [5.41, 5.74) is 1.28. The first-order valence-corrected chi connectivity index (χ1v) is 8.98. The van der Waals surface area contributed by atoms with Crippen molar-refractivity contribution in [1.82, 2.24) is 4.90 Å². The summed E-state index contributed by atoms with van der Waals surface area (Å²) in [4.78, 5) is 14.1. The molecule has 1 aliphatic heterocycles. The monoisotopic (exact) mass is 305 g/mol. The Morgan fingerprint density at radius 1 is 1.24 bits per heavy atom. The second kappa shape index (κ2) is 7.32. The molecule has 114 valence electrons. The summed E-state index contributed by atoms with van der Waals surface area (Å²) in [7, 11) is 0. The number of nitrogens with zero attached hydrogens (tertiary/aromatic N) is 1. The molecule has 0 radical (unpaired) electrons. The number of carbonyl (C=O) groups excluding carboxylic acids is 1. The Labute approximate surface area is 131 Å². The van der Waals surface area contributed by atoms with Gasteiger partial charge in [0.2, 0.25) is 5.91 Å². The smallest absolute Gasteiger partial charge is 0.232 e. The minimum atomic E-state index is 0.258. The SMILES string of the molecule is O=C(CSCc1ccccc1)N1CCC(OCC2CC2)C1. The van der Waals surface area contributed by atoms with Crippen LogP contribution in [0.4, 0.5) is 0 Å². The lowest BCUT2D eigenvalue weighted by atomic mass is 10.2. The Morgan fingerprint density at radius 2 is 2.05 bits per heavy atom. The van der Waals surface area contributed by atoms with Crippen molar-refractivity contribution in [3.63, 3.8) is 0 Å². The standard InChI is InChI=1S/C17H23NO2S/c19-17(13-21-12-15-4-2-1-3-5-15)18-9-8-16(10-18)20-11-14-6-7-14/h1-5,14,16H,6-13H2. The highest BCUT2D eigenvalue weighted by Gasteiger charge is 2.29. The predicted octanol–water partition coefficient (Wildman–Crippen LogP) is 2.95. The molecule has 0 aromatic heterocycles. The molecule has 1 unspecified atom stereocenters. The average molecular weight is 305 g/mol. The van der Waals surface area contributed by atoms with Crippen LogP contribution in [0.1, 0.15) is 24.8 Å². The van der Waals surface area contributed by atoms with Crippen LogP contribution >= 0.6 is 11.8 Å². The van der Waals surface area contributed by atoms with Crippen molar-refractivity contribution in [1.29, 1.82) is 0 Å². The van der Waals surface area contributed by atoms with E-state index in [0.717, 1.165) is 37.8 Å². The zero-order chi connectivity index (χ0) is 14.5. The van der Waals surface area contributed by atoms with Crippen molar-refractivity contribution in [2.24, 2.45) is 5.92 Å². The molecule has 3 nitrogen and oxygen atoms in total. The number of ether oxygens (including phenoxy) is 1. The molecular weight excluding hydrogens is 282 g/mol. The summed E-state index contributed by atoms with van der Waals surface area (Å²) in [5, 5.41) is 0. The molecule has 0 N–H and O–H groups in total. The van der Waals surface area contributed by atoms with E-state index in [1.165, 1.54) is 18.4 Å². The molecule has 1 amide bonds. The number of amides is 1. The normalized spacial score (nSPS) is 21.7. The van der Waals surface area contributed by atoms with E-state index in [4.69, 9.17) is 4.74 Å². The average Bonchev–Trinajstić information content (AvgIpc) is 3.22. The Kier molecular flexibility index (Phi) is 5.20. The van der Waals surface area contributed by atoms with Gasteiger partial charge in [0.25, 0.3) is 0 Å². The third-order valence-electron chi connectivity index (χ3n) is 4.10. The highest BCUT2D eigenvalue weighted by atomic mass is 32.2. The maximum absolute atomic E-state index is 12.2. The van der Waals surface area contributed by atoms with Crippen LogP contribution in [0.15, 0.2) is 30.3 Å². The lowest BCUT2D eigenvalue weighted by Gasteiger charge is -2.16. The van der Waals surface area contributed by atoms with E-state index < -0.39 is 0 Å². The van der Waals surface area contributed by atoms with Crippen LogP contribution in [0.25, 0.3) is 0 Å². The summed E-state index contributed by atoms with van der Waals surface area (Å²) >= 11 is 1.70. The van der Waals surface area contributed by atoms with Crippen molar-refractivity contribution < 1.29 is 9.53 Å². The second-order valence-corrected chi connectivity index (χ2v) is 6.99. The van der Waals surface area contributed by atoms with Crippen molar-refractivity contribution in [2.45, 2.75) is 31.1 Å². The molecule has 21 heavy (non-hydrogen) atoms. The number of likely N-dealkylation sites (tertiary alicyclic amines) is 1. The molecule has 3 rings (SSSR count). The first-order chi connectivity index (χ1) is 10.3. The van der Waals surface area contributed by atoms with E-state index in [1.807, 2.05) is 23.1 Å². The molecule has 2 fully saturated rings. The molecule has 0 spiro atoms. The van der Waals surface area contributed by atoms with Gasteiger partial charge in [0.1, 0.15) is 0 Å². The summed E-state index contributed by atoms with van der Waals surface area (Å²) in [6, 6.07) is 10.3. The molecule has 2 aliphatic rings. The van der Waals surface area contributed by atoms with E-state index >= 15 is 0 Å². The van der Waals surface area contributed by atoms with Gasteiger partial charge in [-0.3, -0.25) is 4.79 Å². The van der Waals surface area contributed by atoms with Gasteiger partial charge in [-0.2, -0.15) is 0 Å². The molecule has 1 aliphatic carbocycles. The van der Waals surface area contributed by atoms with Crippen LogP contribution in [0.5, 0.6) is 0 Å². The van der Waals surface area contributed by atoms with E-state index in [9.17, 15) is 4.79 Å². The molecule has 1 saturated heterocycles. The van der Waals surface area contributed by atoms with Crippen LogP contribution in [0.2, 0.25) is 0 Å². The van der Waals surface area contributed by atoms with Gasteiger partial charge in [0.15, 0.2) is 0 Å². The van der Waals surface area contributed by atoms with Crippen LogP contribution in [-0.4, -0.2) is 42.4 Å². The third kappa shape index (κ3) is 4.75. The molecule has 1 aromatic rings.